The van der Waals surface area contributed by atoms with Crippen LogP contribution in [-0.4, -0.2) is 39.7 Å². The minimum Gasteiger partial charge on any atom is -0.478 e. The minimum atomic E-state index is -1.37. The maximum Gasteiger partial charge on any atom is 0.337 e. The van der Waals surface area contributed by atoms with E-state index in [0.29, 0.717) is 0 Å². The number of aromatic carboxylic acids is 1. The predicted octanol–water partition coefficient (Wildman–Crippen LogP) is -0.309. The second-order valence-corrected chi connectivity index (χ2v) is 3.56. The van der Waals surface area contributed by atoms with Gasteiger partial charge in [-0.3, -0.25) is 4.79 Å². The standard InChI is InChI=1S/C9H10ClN3O4/c10-5-2-12-7(1-4(5)9(16)17)13-3-6(14)8(11)15/h1-2,6,14H,3H2,(H2,11,15)(H,12,13)(H,16,17). The van der Waals surface area contributed by atoms with Crippen molar-refractivity contribution in [1.82, 2.24) is 4.98 Å². The first-order chi connectivity index (χ1) is 7.91. The van der Waals surface area contributed by atoms with Gasteiger partial charge in [-0.1, -0.05) is 11.6 Å². The molecule has 92 valence electrons. The van der Waals surface area contributed by atoms with E-state index in [2.05, 4.69) is 10.3 Å². The molecule has 1 rings (SSSR count). The molecule has 7 nitrogen and oxygen atoms in total. The molecule has 0 aliphatic heterocycles. The summed E-state index contributed by atoms with van der Waals surface area (Å²) in [4.78, 5) is 25.1. The lowest BCUT2D eigenvalue weighted by molar-refractivity contribution is -0.125. The van der Waals surface area contributed by atoms with E-state index in [1.165, 1.54) is 6.07 Å². The number of nitrogens with zero attached hydrogens (tertiary/aromatic N) is 1. The molecule has 1 atom stereocenters. The summed E-state index contributed by atoms with van der Waals surface area (Å²) in [5, 5.41) is 20.5. The van der Waals surface area contributed by atoms with Crippen molar-refractivity contribution in [3.05, 3.63) is 22.8 Å². The van der Waals surface area contributed by atoms with Crippen LogP contribution in [0.25, 0.3) is 0 Å². The van der Waals surface area contributed by atoms with Crippen molar-refractivity contribution in [2.45, 2.75) is 6.10 Å². The highest BCUT2D eigenvalue weighted by Gasteiger charge is 2.13. The molecule has 1 unspecified atom stereocenters. The van der Waals surface area contributed by atoms with Gasteiger partial charge in [0.25, 0.3) is 0 Å². The number of aliphatic hydroxyl groups is 1. The molecule has 0 aliphatic rings. The molecule has 17 heavy (non-hydrogen) atoms. The van der Waals surface area contributed by atoms with Gasteiger partial charge < -0.3 is 21.3 Å². The zero-order valence-corrected chi connectivity index (χ0v) is 9.31. The number of carboxylic acids is 1. The molecule has 1 amide bonds. The quantitative estimate of drug-likeness (QED) is 0.575. The summed E-state index contributed by atoms with van der Waals surface area (Å²) in [5.41, 5.74) is 4.71. The maximum atomic E-state index is 10.8. The summed E-state index contributed by atoms with van der Waals surface area (Å²) in [6.07, 6.45) is -0.218. The highest BCUT2D eigenvalue weighted by molar-refractivity contribution is 6.33. The molecule has 5 N–H and O–H groups in total. The van der Waals surface area contributed by atoms with Crippen LogP contribution in [0.2, 0.25) is 5.02 Å². The summed E-state index contributed by atoms with van der Waals surface area (Å²) in [6.45, 7) is -0.164. The fraction of sp³-hybridized carbons (Fsp3) is 0.222. The Morgan fingerprint density at radius 1 is 1.59 bits per heavy atom. The molecular formula is C9H10ClN3O4. The molecule has 1 aromatic heterocycles. The average molecular weight is 260 g/mol. The molecule has 0 saturated carbocycles. The number of amides is 1. The Bertz CT molecular complexity index is 452. The molecule has 0 bridgehead atoms. The SMILES string of the molecule is NC(=O)C(O)CNc1cc(C(=O)O)c(Cl)cn1. The number of carbonyl (C=O) groups excluding carboxylic acids is 1. The number of carbonyl (C=O) groups is 2. The molecule has 0 radical (unpaired) electrons. The smallest absolute Gasteiger partial charge is 0.337 e. The average Bonchev–Trinajstić information content (AvgIpc) is 2.26. The minimum absolute atomic E-state index is 0.00139. The van der Waals surface area contributed by atoms with Crippen LogP contribution in [0.15, 0.2) is 12.3 Å². The van der Waals surface area contributed by atoms with E-state index in [1.54, 1.807) is 0 Å². The number of hydrogen-bond donors (Lipinski definition) is 4. The topological polar surface area (TPSA) is 126 Å². The third-order valence-corrected chi connectivity index (χ3v) is 2.19. The van der Waals surface area contributed by atoms with Crippen LogP contribution in [0.1, 0.15) is 10.4 Å². The largest absolute Gasteiger partial charge is 0.478 e. The van der Waals surface area contributed by atoms with Gasteiger partial charge >= 0.3 is 5.97 Å². The summed E-state index contributed by atoms with van der Waals surface area (Å²) in [7, 11) is 0. The number of aromatic nitrogens is 1. The third-order valence-electron chi connectivity index (χ3n) is 1.89. The van der Waals surface area contributed by atoms with Gasteiger partial charge in [-0.05, 0) is 6.07 Å². The van der Waals surface area contributed by atoms with E-state index < -0.39 is 18.0 Å². The highest BCUT2D eigenvalue weighted by Crippen LogP contribution is 2.17. The van der Waals surface area contributed by atoms with Gasteiger partial charge in [-0.25, -0.2) is 9.78 Å². The van der Waals surface area contributed by atoms with Gasteiger partial charge in [0.1, 0.15) is 11.9 Å². The van der Waals surface area contributed by atoms with Crippen molar-refractivity contribution >= 4 is 29.3 Å². The van der Waals surface area contributed by atoms with Crippen LogP contribution >= 0.6 is 11.6 Å². The summed E-state index contributed by atoms with van der Waals surface area (Å²) in [6, 6.07) is 1.19. The first-order valence-electron chi connectivity index (χ1n) is 4.52. The van der Waals surface area contributed by atoms with Crippen LogP contribution in [0.3, 0.4) is 0 Å². The molecular weight excluding hydrogens is 250 g/mol. The number of rotatable bonds is 5. The second-order valence-electron chi connectivity index (χ2n) is 3.15. The maximum absolute atomic E-state index is 10.8. The van der Waals surface area contributed by atoms with Crippen molar-refractivity contribution in [1.29, 1.82) is 0 Å². The number of halogens is 1. The number of anilines is 1. The van der Waals surface area contributed by atoms with E-state index in [4.69, 9.17) is 27.5 Å². The predicted molar refractivity (Wildman–Crippen MR) is 59.9 cm³/mol. The second kappa shape index (κ2) is 5.46. The Balaban J connectivity index is 2.76. The van der Waals surface area contributed by atoms with Crippen molar-refractivity contribution < 1.29 is 19.8 Å². The van der Waals surface area contributed by atoms with E-state index in [-0.39, 0.29) is 22.9 Å². The zero-order valence-electron chi connectivity index (χ0n) is 8.55. The molecule has 1 heterocycles. The van der Waals surface area contributed by atoms with Gasteiger partial charge in [0.15, 0.2) is 0 Å². The van der Waals surface area contributed by atoms with E-state index in [1.807, 2.05) is 0 Å². The van der Waals surface area contributed by atoms with Crippen molar-refractivity contribution in [2.75, 3.05) is 11.9 Å². The zero-order chi connectivity index (χ0) is 13.0. The first kappa shape index (κ1) is 13.2. The Morgan fingerprint density at radius 2 is 2.24 bits per heavy atom. The number of nitrogens with one attached hydrogen (secondary N) is 1. The number of aliphatic hydroxyl groups excluding tert-OH is 1. The number of hydrogen-bond acceptors (Lipinski definition) is 5. The molecule has 8 heteroatoms. The van der Waals surface area contributed by atoms with Gasteiger partial charge in [-0.2, -0.15) is 0 Å². The van der Waals surface area contributed by atoms with Crippen molar-refractivity contribution in [3.8, 4) is 0 Å². The molecule has 0 fully saturated rings. The van der Waals surface area contributed by atoms with Gasteiger partial charge in [0, 0.05) is 6.20 Å². The molecule has 0 saturated heterocycles. The van der Waals surface area contributed by atoms with Gasteiger partial charge in [0.2, 0.25) is 5.91 Å². The Hall–Kier alpha value is -1.86. The van der Waals surface area contributed by atoms with Crippen molar-refractivity contribution in [3.63, 3.8) is 0 Å². The lowest BCUT2D eigenvalue weighted by atomic mass is 10.2. The Morgan fingerprint density at radius 3 is 2.76 bits per heavy atom. The lowest BCUT2D eigenvalue weighted by Gasteiger charge is -2.09. The Labute approximate surface area is 101 Å². The summed E-state index contributed by atoms with van der Waals surface area (Å²) < 4.78 is 0. The van der Waals surface area contributed by atoms with E-state index >= 15 is 0 Å². The van der Waals surface area contributed by atoms with Gasteiger partial charge in [-0.15, -0.1) is 0 Å². The van der Waals surface area contributed by atoms with Gasteiger partial charge in [0.05, 0.1) is 17.1 Å². The normalized spacial score (nSPS) is 11.9. The lowest BCUT2D eigenvalue weighted by Crippen LogP contribution is -2.34. The number of carboxylic acid groups (broad SMARTS) is 1. The fourth-order valence-corrected chi connectivity index (χ4v) is 1.19. The van der Waals surface area contributed by atoms with Crippen LogP contribution in [0.4, 0.5) is 5.82 Å². The highest BCUT2D eigenvalue weighted by atomic mass is 35.5. The summed E-state index contributed by atoms with van der Waals surface area (Å²) in [5.74, 6) is -1.91. The monoisotopic (exact) mass is 259 g/mol. The van der Waals surface area contributed by atoms with Crippen LogP contribution < -0.4 is 11.1 Å². The third kappa shape index (κ3) is 3.58. The number of pyridine rings is 1. The molecule has 0 aliphatic carbocycles. The van der Waals surface area contributed by atoms with Crippen LogP contribution in [0.5, 0.6) is 0 Å². The van der Waals surface area contributed by atoms with Crippen LogP contribution in [-0.2, 0) is 4.79 Å². The molecule has 0 aromatic carbocycles. The Kier molecular flexibility index (Phi) is 4.24. The number of nitrogens with two attached hydrogens (primary N) is 1. The first-order valence-corrected chi connectivity index (χ1v) is 4.89. The fourth-order valence-electron chi connectivity index (χ4n) is 1.00. The molecule has 1 aromatic rings. The van der Waals surface area contributed by atoms with E-state index in [0.717, 1.165) is 6.20 Å². The number of primary amides is 1. The summed E-state index contributed by atoms with van der Waals surface area (Å²) >= 11 is 5.61. The van der Waals surface area contributed by atoms with E-state index in [9.17, 15) is 9.59 Å². The van der Waals surface area contributed by atoms with Crippen LogP contribution in [0, 0.1) is 0 Å². The molecule has 0 spiro atoms. The van der Waals surface area contributed by atoms with Crippen molar-refractivity contribution in [2.24, 2.45) is 5.73 Å².